The van der Waals surface area contributed by atoms with Gasteiger partial charge in [-0.15, -0.1) is 24.8 Å². The summed E-state index contributed by atoms with van der Waals surface area (Å²) in [6, 6.07) is -0.285. The summed E-state index contributed by atoms with van der Waals surface area (Å²) < 4.78 is 0. The molecule has 0 bridgehead atoms. The van der Waals surface area contributed by atoms with Crippen molar-refractivity contribution in [2.45, 2.75) is 18.9 Å². The maximum atomic E-state index is 9.96. The second-order valence-electron chi connectivity index (χ2n) is 1.94. The number of nitrogens with two attached hydrogens (primary N) is 2. The first-order chi connectivity index (χ1) is 4.16. The van der Waals surface area contributed by atoms with Crippen LogP contribution in [0.5, 0.6) is 0 Å². The van der Waals surface area contributed by atoms with Gasteiger partial charge >= 0.3 is 5.97 Å². The third kappa shape index (κ3) is 13.0. The van der Waals surface area contributed by atoms with Gasteiger partial charge in [0.15, 0.2) is 0 Å². The monoisotopic (exact) mass is 204 g/mol. The summed E-state index contributed by atoms with van der Waals surface area (Å²) in [6.07, 6.45) is 0.587. The summed E-state index contributed by atoms with van der Waals surface area (Å²) >= 11 is 0. The zero-order valence-electron chi connectivity index (χ0n) is 6.03. The Morgan fingerprint density at radius 2 is 1.91 bits per heavy atom. The van der Waals surface area contributed by atoms with E-state index in [9.17, 15) is 4.79 Å². The van der Waals surface area contributed by atoms with E-state index in [2.05, 4.69) is 0 Å². The molecule has 1 unspecified atom stereocenters. The van der Waals surface area contributed by atoms with Crippen LogP contribution in [0.1, 0.15) is 12.8 Å². The summed E-state index contributed by atoms with van der Waals surface area (Å²) in [5.74, 6) is -0.865. The van der Waals surface area contributed by atoms with Crippen LogP contribution < -0.4 is 11.5 Å². The molecular formula is C5H14Cl2N2O2. The summed E-state index contributed by atoms with van der Waals surface area (Å²) in [4.78, 5) is 9.96. The Labute approximate surface area is 78.1 Å². The number of carboxylic acid groups (broad SMARTS) is 1. The van der Waals surface area contributed by atoms with E-state index in [1.165, 1.54) is 0 Å². The first kappa shape index (κ1) is 17.2. The molecule has 0 heterocycles. The maximum absolute atomic E-state index is 9.96. The highest BCUT2D eigenvalue weighted by Crippen LogP contribution is 1.91. The van der Waals surface area contributed by atoms with Gasteiger partial charge in [0.1, 0.15) is 0 Å². The quantitative estimate of drug-likeness (QED) is 0.601. The van der Waals surface area contributed by atoms with Crippen LogP contribution in [-0.4, -0.2) is 23.7 Å². The van der Waals surface area contributed by atoms with Crippen molar-refractivity contribution in [2.24, 2.45) is 11.5 Å². The number of halogens is 2. The fraction of sp³-hybridized carbons (Fsp3) is 0.800. The highest BCUT2D eigenvalue weighted by Gasteiger charge is 2.05. The number of carbonyl (C=O) groups is 1. The minimum Gasteiger partial charge on any atom is -0.481 e. The van der Waals surface area contributed by atoms with Gasteiger partial charge in [-0.05, 0) is 13.0 Å². The predicted molar refractivity (Wildman–Crippen MR) is 48.4 cm³/mol. The number of hydrogen-bond donors (Lipinski definition) is 3. The van der Waals surface area contributed by atoms with Crippen molar-refractivity contribution < 1.29 is 9.90 Å². The second kappa shape index (κ2) is 9.97. The molecule has 0 fully saturated rings. The van der Waals surface area contributed by atoms with Gasteiger partial charge in [0.05, 0.1) is 6.42 Å². The molecule has 0 radical (unpaired) electrons. The van der Waals surface area contributed by atoms with Gasteiger partial charge in [-0.1, -0.05) is 0 Å². The van der Waals surface area contributed by atoms with Gasteiger partial charge in [-0.25, -0.2) is 0 Å². The third-order valence-corrected chi connectivity index (χ3v) is 0.974. The maximum Gasteiger partial charge on any atom is 0.304 e. The molecule has 0 rings (SSSR count). The molecule has 0 aliphatic carbocycles. The molecule has 0 saturated carbocycles. The van der Waals surface area contributed by atoms with Crippen LogP contribution in [0.4, 0.5) is 0 Å². The van der Waals surface area contributed by atoms with E-state index >= 15 is 0 Å². The molecule has 0 aromatic carbocycles. The zero-order valence-corrected chi connectivity index (χ0v) is 7.66. The number of carboxylic acids is 1. The minimum absolute atomic E-state index is 0. The summed E-state index contributed by atoms with van der Waals surface area (Å²) in [7, 11) is 0. The number of hydrogen-bond acceptors (Lipinski definition) is 3. The van der Waals surface area contributed by atoms with E-state index in [0.717, 1.165) is 0 Å². The minimum atomic E-state index is -0.865. The molecule has 0 aliphatic heterocycles. The Kier molecular flexibility index (Phi) is 15.6. The number of aliphatic carboxylic acids is 1. The van der Waals surface area contributed by atoms with Crippen LogP contribution in [0.25, 0.3) is 0 Å². The van der Waals surface area contributed by atoms with Gasteiger partial charge in [0.25, 0.3) is 0 Å². The van der Waals surface area contributed by atoms with Crippen LogP contribution in [0.2, 0.25) is 0 Å². The summed E-state index contributed by atoms with van der Waals surface area (Å²) in [6.45, 7) is 0.453. The molecule has 11 heavy (non-hydrogen) atoms. The van der Waals surface area contributed by atoms with Crippen molar-refractivity contribution in [2.75, 3.05) is 6.54 Å². The molecule has 6 heteroatoms. The average molecular weight is 205 g/mol. The molecule has 0 saturated heterocycles. The molecular weight excluding hydrogens is 191 g/mol. The Bertz CT molecular complexity index is 102. The van der Waals surface area contributed by atoms with Gasteiger partial charge in [-0.3, -0.25) is 4.79 Å². The van der Waals surface area contributed by atoms with Crippen molar-refractivity contribution in [1.82, 2.24) is 0 Å². The predicted octanol–water partition coefficient (Wildman–Crippen LogP) is -0.0192. The van der Waals surface area contributed by atoms with Crippen molar-refractivity contribution in [3.63, 3.8) is 0 Å². The van der Waals surface area contributed by atoms with Gasteiger partial charge in [0.2, 0.25) is 0 Å². The molecule has 0 aliphatic rings. The Hall–Kier alpha value is -0.0300. The lowest BCUT2D eigenvalue weighted by atomic mass is 10.1. The summed E-state index contributed by atoms with van der Waals surface area (Å²) in [5, 5.41) is 8.19. The van der Waals surface area contributed by atoms with Crippen molar-refractivity contribution in [1.29, 1.82) is 0 Å². The van der Waals surface area contributed by atoms with Crippen LogP contribution in [-0.2, 0) is 4.79 Å². The highest BCUT2D eigenvalue weighted by atomic mass is 35.5. The molecule has 0 spiro atoms. The molecule has 0 aromatic rings. The smallest absolute Gasteiger partial charge is 0.304 e. The van der Waals surface area contributed by atoms with Crippen LogP contribution in [0, 0.1) is 0 Å². The fourth-order valence-corrected chi connectivity index (χ4v) is 0.540. The third-order valence-electron chi connectivity index (χ3n) is 0.974. The summed E-state index contributed by atoms with van der Waals surface area (Å²) in [5.41, 5.74) is 10.5. The number of rotatable bonds is 4. The first-order valence-corrected chi connectivity index (χ1v) is 2.84. The van der Waals surface area contributed by atoms with E-state index in [1.54, 1.807) is 0 Å². The first-order valence-electron chi connectivity index (χ1n) is 2.84. The van der Waals surface area contributed by atoms with Crippen LogP contribution in [0.15, 0.2) is 0 Å². The molecule has 5 N–H and O–H groups in total. The van der Waals surface area contributed by atoms with Crippen LogP contribution in [0.3, 0.4) is 0 Å². The van der Waals surface area contributed by atoms with E-state index in [-0.39, 0.29) is 37.3 Å². The lowest BCUT2D eigenvalue weighted by molar-refractivity contribution is -0.137. The van der Waals surface area contributed by atoms with Gasteiger partial charge < -0.3 is 16.6 Å². The van der Waals surface area contributed by atoms with Gasteiger partial charge in [-0.2, -0.15) is 0 Å². The molecule has 70 valence electrons. The van der Waals surface area contributed by atoms with E-state index in [4.69, 9.17) is 16.6 Å². The lowest BCUT2D eigenvalue weighted by Gasteiger charge is -2.04. The van der Waals surface area contributed by atoms with Crippen LogP contribution >= 0.6 is 24.8 Å². The van der Waals surface area contributed by atoms with Gasteiger partial charge in [0, 0.05) is 6.04 Å². The van der Waals surface area contributed by atoms with Crippen molar-refractivity contribution >= 4 is 30.8 Å². The SMILES string of the molecule is Cl.Cl.NCCC(N)CC(=O)O. The molecule has 0 aromatic heterocycles. The molecule has 1 atom stereocenters. The topological polar surface area (TPSA) is 89.3 Å². The van der Waals surface area contributed by atoms with E-state index < -0.39 is 5.97 Å². The Morgan fingerprint density at radius 1 is 1.45 bits per heavy atom. The molecule has 0 amide bonds. The Morgan fingerprint density at radius 3 is 2.18 bits per heavy atom. The largest absolute Gasteiger partial charge is 0.481 e. The van der Waals surface area contributed by atoms with E-state index in [1.807, 2.05) is 0 Å². The normalized spacial score (nSPS) is 10.7. The van der Waals surface area contributed by atoms with Crippen molar-refractivity contribution in [3.05, 3.63) is 0 Å². The fourth-order valence-electron chi connectivity index (χ4n) is 0.540. The lowest BCUT2D eigenvalue weighted by Crippen LogP contribution is -2.26. The second-order valence-corrected chi connectivity index (χ2v) is 1.94. The molecule has 4 nitrogen and oxygen atoms in total. The zero-order chi connectivity index (χ0) is 7.28. The Balaban J connectivity index is -0.000000320. The van der Waals surface area contributed by atoms with Crippen molar-refractivity contribution in [3.8, 4) is 0 Å². The van der Waals surface area contributed by atoms with E-state index in [0.29, 0.717) is 13.0 Å². The highest BCUT2D eigenvalue weighted by molar-refractivity contribution is 5.85. The average Bonchev–Trinajstić information content (AvgIpc) is 1.63. The standard InChI is InChI=1S/C5H12N2O2.2ClH/c6-2-1-4(7)3-5(8)9;;/h4H,1-3,6-7H2,(H,8,9);2*1H.